The topological polar surface area (TPSA) is 93.1 Å². The molecule has 1 saturated carbocycles. The van der Waals surface area contributed by atoms with Gasteiger partial charge in [0.25, 0.3) is 0 Å². The van der Waals surface area contributed by atoms with Gasteiger partial charge in [0, 0.05) is 29.9 Å². The lowest BCUT2D eigenvalue weighted by atomic mass is 10.2. The van der Waals surface area contributed by atoms with Crippen molar-refractivity contribution >= 4 is 39.3 Å². The third-order valence-electron chi connectivity index (χ3n) is 4.55. The molecular formula is C20H25ClN4O3S. The highest BCUT2D eigenvalue weighted by molar-refractivity contribution is 7.89. The number of unbranched alkanes of at least 4 members (excludes halogenated alkanes) is 1. The molecule has 1 aliphatic carbocycles. The molecule has 0 unspecified atom stereocenters. The summed E-state index contributed by atoms with van der Waals surface area (Å²) in [6, 6.07) is 6.21. The lowest BCUT2D eigenvalue weighted by Crippen LogP contribution is -2.25. The molecule has 1 aromatic carbocycles. The predicted octanol–water partition coefficient (Wildman–Crippen LogP) is 3.74. The highest BCUT2D eigenvalue weighted by atomic mass is 35.5. The Bertz CT molecular complexity index is 1030. The van der Waals surface area contributed by atoms with E-state index in [4.69, 9.17) is 11.6 Å². The van der Waals surface area contributed by atoms with Crippen LogP contribution < -0.4 is 10.0 Å². The Kier molecular flexibility index (Phi) is 6.77. The highest BCUT2D eigenvalue weighted by Gasteiger charge is 2.28. The number of aromatic nitrogens is 2. The second-order valence-corrected chi connectivity index (χ2v) is 9.18. The summed E-state index contributed by atoms with van der Waals surface area (Å²) < 4.78 is 29.0. The second-order valence-electron chi connectivity index (χ2n) is 7.11. The fourth-order valence-electron chi connectivity index (χ4n) is 2.79. The number of halogens is 1. The van der Waals surface area contributed by atoms with Gasteiger partial charge < -0.3 is 5.32 Å². The lowest BCUT2D eigenvalue weighted by molar-refractivity contribution is -0.111. The molecule has 1 amide bonds. The zero-order valence-electron chi connectivity index (χ0n) is 16.5. The van der Waals surface area contributed by atoms with E-state index < -0.39 is 10.0 Å². The first kappa shape index (κ1) is 21.5. The number of rotatable bonds is 9. The summed E-state index contributed by atoms with van der Waals surface area (Å²) in [4.78, 5) is 12.4. The molecule has 0 radical (unpaired) electrons. The largest absolute Gasteiger partial charge is 0.322 e. The molecule has 3 rings (SSSR count). The summed E-state index contributed by atoms with van der Waals surface area (Å²) in [5, 5.41) is 7.59. The standard InChI is InChI=1S/C20H25ClN4O3S/c1-3-4-12-25-20(21)18(14(2)23-25)10-11-19(26)22-16-6-5-7-17(13-16)29(27,28)24-15-8-9-15/h5-7,10-11,13,15,24H,3-4,8-9,12H2,1-2H3,(H,22,26)/b11-10+. The Morgan fingerprint density at radius 2 is 2.14 bits per heavy atom. The molecule has 1 heterocycles. The summed E-state index contributed by atoms with van der Waals surface area (Å²) in [5.41, 5.74) is 1.84. The number of carbonyl (C=O) groups is 1. The summed E-state index contributed by atoms with van der Waals surface area (Å²) >= 11 is 6.37. The SMILES string of the molecule is CCCCn1nc(C)c(/C=C/C(=O)Nc2cccc(S(=O)(=O)NC3CC3)c2)c1Cl. The minimum atomic E-state index is -3.57. The maximum absolute atomic E-state index is 12.3. The Hall–Kier alpha value is -2.16. The number of carbonyl (C=O) groups excluding carboxylic acids is 1. The van der Waals surface area contributed by atoms with Crippen LogP contribution in [-0.4, -0.2) is 30.1 Å². The van der Waals surface area contributed by atoms with Gasteiger partial charge in [-0.15, -0.1) is 0 Å². The number of hydrogen-bond donors (Lipinski definition) is 2. The Balaban J connectivity index is 1.68. The number of amides is 1. The molecule has 7 nitrogen and oxygen atoms in total. The third kappa shape index (κ3) is 5.68. The molecule has 2 aromatic rings. The molecule has 0 bridgehead atoms. The fraction of sp³-hybridized carbons (Fsp3) is 0.400. The van der Waals surface area contributed by atoms with Crippen LogP contribution in [0, 0.1) is 6.92 Å². The molecule has 0 aliphatic heterocycles. The van der Waals surface area contributed by atoms with Gasteiger partial charge in [-0.2, -0.15) is 5.10 Å². The molecular weight excluding hydrogens is 412 g/mol. The summed E-state index contributed by atoms with van der Waals surface area (Å²) in [6.45, 7) is 4.66. The molecule has 1 aromatic heterocycles. The maximum Gasteiger partial charge on any atom is 0.248 e. The van der Waals surface area contributed by atoms with E-state index in [2.05, 4.69) is 22.1 Å². The first-order chi connectivity index (χ1) is 13.8. The monoisotopic (exact) mass is 436 g/mol. The normalized spacial score (nSPS) is 14.4. The van der Waals surface area contributed by atoms with Crippen LogP contribution in [-0.2, 0) is 21.4 Å². The van der Waals surface area contributed by atoms with E-state index in [1.165, 1.54) is 18.2 Å². The van der Waals surface area contributed by atoms with Crippen molar-refractivity contribution in [2.75, 3.05) is 5.32 Å². The van der Waals surface area contributed by atoms with Gasteiger partial charge in [0.15, 0.2) is 0 Å². The van der Waals surface area contributed by atoms with Crippen LogP contribution >= 0.6 is 11.6 Å². The van der Waals surface area contributed by atoms with Gasteiger partial charge in [-0.3, -0.25) is 9.48 Å². The molecule has 1 aliphatic rings. The van der Waals surface area contributed by atoms with E-state index in [0.717, 1.165) is 37.9 Å². The third-order valence-corrected chi connectivity index (χ3v) is 6.46. The average molecular weight is 437 g/mol. The fourth-order valence-corrected chi connectivity index (χ4v) is 4.46. The van der Waals surface area contributed by atoms with E-state index >= 15 is 0 Å². The Labute approximate surface area is 176 Å². The minimum Gasteiger partial charge on any atom is -0.322 e. The summed E-state index contributed by atoms with van der Waals surface area (Å²) in [5.74, 6) is -0.383. The van der Waals surface area contributed by atoms with Crippen molar-refractivity contribution in [3.63, 3.8) is 0 Å². The lowest BCUT2D eigenvalue weighted by Gasteiger charge is -2.08. The van der Waals surface area contributed by atoms with Gasteiger partial charge in [0.2, 0.25) is 15.9 Å². The van der Waals surface area contributed by atoms with Gasteiger partial charge >= 0.3 is 0 Å². The van der Waals surface area contributed by atoms with Crippen LogP contribution in [0.2, 0.25) is 5.15 Å². The van der Waals surface area contributed by atoms with Crippen LogP contribution in [0.4, 0.5) is 5.69 Å². The molecule has 0 atom stereocenters. The van der Waals surface area contributed by atoms with Crippen molar-refractivity contribution in [3.05, 3.63) is 46.8 Å². The quantitative estimate of drug-likeness (QED) is 0.585. The zero-order valence-corrected chi connectivity index (χ0v) is 18.1. The number of anilines is 1. The van der Waals surface area contributed by atoms with Crippen molar-refractivity contribution < 1.29 is 13.2 Å². The van der Waals surface area contributed by atoms with Crippen LogP contribution in [0.3, 0.4) is 0 Å². The molecule has 1 fully saturated rings. The van der Waals surface area contributed by atoms with E-state index in [9.17, 15) is 13.2 Å². The van der Waals surface area contributed by atoms with Gasteiger partial charge in [-0.05, 0) is 50.5 Å². The van der Waals surface area contributed by atoms with Crippen molar-refractivity contribution in [2.24, 2.45) is 0 Å². The average Bonchev–Trinajstić information content (AvgIpc) is 3.43. The van der Waals surface area contributed by atoms with Crippen LogP contribution in [0.5, 0.6) is 0 Å². The first-order valence-electron chi connectivity index (χ1n) is 9.64. The highest BCUT2D eigenvalue weighted by Crippen LogP contribution is 2.24. The molecule has 156 valence electrons. The number of nitrogens with zero attached hydrogens (tertiary/aromatic N) is 2. The maximum atomic E-state index is 12.3. The van der Waals surface area contributed by atoms with Crippen LogP contribution in [0.15, 0.2) is 35.2 Å². The molecule has 0 spiro atoms. The molecule has 29 heavy (non-hydrogen) atoms. The summed E-state index contributed by atoms with van der Waals surface area (Å²) in [6.07, 6.45) is 6.71. The van der Waals surface area contributed by atoms with E-state index in [1.54, 1.807) is 22.9 Å². The van der Waals surface area contributed by atoms with Gasteiger partial charge in [0.1, 0.15) is 5.15 Å². The number of benzene rings is 1. The van der Waals surface area contributed by atoms with Crippen molar-refractivity contribution in [1.29, 1.82) is 0 Å². The van der Waals surface area contributed by atoms with Crippen LogP contribution in [0.1, 0.15) is 43.9 Å². The van der Waals surface area contributed by atoms with E-state index in [0.29, 0.717) is 16.4 Å². The van der Waals surface area contributed by atoms with E-state index in [-0.39, 0.29) is 16.8 Å². The van der Waals surface area contributed by atoms with Crippen molar-refractivity contribution in [2.45, 2.75) is 57.0 Å². The molecule has 2 N–H and O–H groups in total. The van der Waals surface area contributed by atoms with Crippen LogP contribution in [0.25, 0.3) is 6.08 Å². The van der Waals surface area contributed by atoms with Crippen molar-refractivity contribution in [1.82, 2.24) is 14.5 Å². The predicted molar refractivity (Wildman–Crippen MR) is 114 cm³/mol. The van der Waals surface area contributed by atoms with Crippen molar-refractivity contribution in [3.8, 4) is 0 Å². The second kappa shape index (κ2) is 9.11. The van der Waals surface area contributed by atoms with Gasteiger partial charge in [0.05, 0.1) is 10.6 Å². The summed E-state index contributed by atoms with van der Waals surface area (Å²) in [7, 11) is -3.57. The molecule has 9 heteroatoms. The van der Waals surface area contributed by atoms with E-state index in [1.807, 2.05) is 6.92 Å². The number of nitrogens with one attached hydrogen (secondary N) is 2. The number of hydrogen-bond acceptors (Lipinski definition) is 4. The minimum absolute atomic E-state index is 0.0208. The zero-order chi connectivity index (χ0) is 21.0. The number of aryl methyl sites for hydroxylation is 2. The van der Waals surface area contributed by atoms with Gasteiger partial charge in [-0.25, -0.2) is 13.1 Å². The Morgan fingerprint density at radius 1 is 1.38 bits per heavy atom. The van der Waals surface area contributed by atoms with Gasteiger partial charge in [-0.1, -0.05) is 31.0 Å². The number of sulfonamides is 1. The smallest absolute Gasteiger partial charge is 0.248 e. The molecule has 0 saturated heterocycles. The first-order valence-corrected chi connectivity index (χ1v) is 11.5. The Morgan fingerprint density at radius 3 is 2.83 bits per heavy atom.